The van der Waals surface area contributed by atoms with Gasteiger partial charge in [-0.2, -0.15) is 0 Å². The van der Waals surface area contributed by atoms with Gasteiger partial charge in [0.2, 0.25) is 5.91 Å². The maximum Gasteiger partial charge on any atom is 0.305 e. The van der Waals surface area contributed by atoms with Crippen LogP contribution in [-0.4, -0.2) is 34.1 Å². The molecule has 0 unspecified atom stereocenters. The number of fused-ring (bicyclic) bond motifs is 1. The SMILES string of the molecule is C[C@@H](Cc1cc2ccccc2[nH]1)NC(=O)[C@H](N)CC(=O)O. The van der Waals surface area contributed by atoms with Gasteiger partial charge in [-0.15, -0.1) is 0 Å². The summed E-state index contributed by atoms with van der Waals surface area (Å²) in [6.07, 6.45) is 0.255. The molecular weight excluding hydrogens is 270 g/mol. The Labute approximate surface area is 122 Å². The van der Waals surface area contributed by atoms with Crippen molar-refractivity contribution in [3.8, 4) is 0 Å². The Balaban J connectivity index is 1.93. The standard InChI is InChI=1S/C15H19N3O3/c1-9(17-15(21)12(16)8-14(19)20)6-11-7-10-4-2-3-5-13(10)18-11/h2-5,7,9,12,18H,6,8,16H2,1H3,(H,17,21)(H,19,20)/t9-,12+/m0/s1. The van der Waals surface area contributed by atoms with Crippen LogP contribution < -0.4 is 11.1 Å². The summed E-state index contributed by atoms with van der Waals surface area (Å²) in [7, 11) is 0. The Hall–Kier alpha value is -2.34. The molecule has 0 saturated heterocycles. The number of benzene rings is 1. The fourth-order valence-corrected chi connectivity index (χ4v) is 2.26. The Kier molecular flexibility index (Phi) is 4.59. The van der Waals surface area contributed by atoms with E-state index in [0.29, 0.717) is 6.42 Å². The van der Waals surface area contributed by atoms with Gasteiger partial charge in [0.25, 0.3) is 0 Å². The van der Waals surface area contributed by atoms with Gasteiger partial charge in [0, 0.05) is 23.7 Å². The van der Waals surface area contributed by atoms with E-state index in [1.54, 1.807) is 0 Å². The van der Waals surface area contributed by atoms with E-state index in [1.807, 2.05) is 37.3 Å². The summed E-state index contributed by atoms with van der Waals surface area (Å²) < 4.78 is 0. The fourth-order valence-electron chi connectivity index (χ4n) is 2.26. The molecular formula is C15H19N3O3. The average Bonchev–Trinajstić information content (AvgIpc) is 2.79. The number of carboxylic acids is 1. The number of hydrogen-bond donors (Lipinski definition) is 4. The van der Waals surface area contributed by atoms with Crippen molar-refractivity contribution in [3.05, 3.63) is 36.0 Å². The number of carbonyl (C=O) groups excluding carboxylic acids is 1. The molecule has 2 aromatic rings. The molecule has 1 amide bonds. The first-order chi connectivity index (χ1) is 9.95. The van der Waals surface area contributed by atoms with Crippen LogP contribution >= 0.6 is 0 Å². The van der Waals surface area contributed by atoms with Crippen LogP contribution in [0.2, 0.25) is 0 Å². The molecule has 0 bridgehead atoms. The Morgan fingerprint density at radius 3 is 2.76 bits per heavy atom. The van der Waals surface area contributed by atoms with E-state index in [9.17, 15) is 9.59 Å². The van der Waals surface area contributed by atoms with Crippen molar-refractivity contribution >= 4 is 22.8 Å². The number of aliphatic carboxylic acids is 1. The van der Waals surface area contributed by atoms with Crippen LogP contribution in [0, 0.1) is 0 Å². The highest BCUT2D eigenvalue weighted by Crippen LogP contribution is 2.15. The Morgan fingerprint density at radius 1 is 1.38 bits per heavy atom. The molecule has 2 atom stereocenters. The van der Waals surface area contributed by atoms with Crippen LogP contribution in [0.1, 0.15) is 19.0 Å². The first-order valence-corrected chi connectivity index (χ1v) is 6.80. The predicted molar refractivity (Wildman–Crippen MR) is 79.8 cm³/mol. The summed E-state index contributed by atoms with van der Waals surface area (Å²) in [6.45, 7) is 1.86. The van der Waals surface area contributed by atoms with Crippen LogP contribution in [0.5, 0.6) is 0 Å². The minimum absolute atomic E-state index is 0.134. The van der Waals surface area contributed by atoms with Crippen molar-refractivity contribution in [1.82, 2.24) is 10.3 Å². The van der Waals surface area contributed by atoms with Gasteiger partial charge in [-0.3, -0.25) is 9.59 Å². The topological polar surface area (TPSA) is 108 Å². The number of para-hydroxylation sites is 1. The largest absolute Gasteiger partial charge is 0.481 e. The lowest BCUT2D eigenvalue weighted by Crippen LogP contribution is -2.46. The molecule has 1 aromatic carbocycles. The van der Waals surface area contributed by atoms with E-state index >= 15 is 0 Å². The van der Waals surface area contributed by atoms with Crippen LogP contribution in [0.4, 0.5) is 0 Å². The first-order valence-electron chi connectivity index (χ1n) is 6.80. The van der Waals surface area contributed by atoms with E-state index in [1.165, 1.54) is 0 Å². The van der Waals surface area contributed by atoms with Gasteiger partial charge in [0.1, 0.15) is 0 Å². The number of H-pyrrole nitrogens is 1. The number of amides is 1. The second-order valence-electron chi connectivity index (χ2n) is 5.20. The molecule has 1 heterocycles. The van der Waals surface area contributed by atoms with E-state index in [4.69, 9.17) is 10.8 Å². The minimum Gasteiger partial charge on any atom is -0.481 e. The van der Waals surface area contributed by atoms with Crippen molar-refractivity contribution in [1.29, 1.82) is 0 Å². The molecule has 0 radical (unpaired) electrons. The van der Waals surface area contributed by atoms with Crippen LogP contribution in [0.3, 0.4) is 0 Å². The van der Waals surface area contributed by atoms with E-state index < -0.39 is 17.9 Å². The number of hydrogen-bond acceptors (Lipinski definition) is 3. The summed E-state index contributed by atoms with van der Waals surface area (Å²) in [4.78, 5) is 25.6. The second-order valence-corrected chi connectivity index (χ2v) is 5.20. The lowest BCUT2D eigenvalue weighted by atomic mass is 10.1. The molecule has 0 saturated carbocycles. The van der Waals surface area contributed by atoms with Crippen LogP contribution in [0.15, 0.2) is 30.3 Å². The van der Waals surface area contributed by atoms with Gasteiger partial charge in [0.15, 0.2) is 0 Å². The molecule has 21 heavy (non-hydrogen) atoms. The van der Waals surface area contributed by atoms with E-state index in [0.717, 1.165) is 16.6 Å². The Bertz CT molecular complexity index is 617. The predicted octanol–water partition coefficient (Wildman–Crippen LogP) is 1.02. The third-order valence-corrected chi connectivity index (χ3v) is 3.23. The molecule has 0 aliphatic heterocycles. The molecule has 0 aliphatic carbocycles. The number of rotatable bonds is 6. The van der Waals surface area contributed by atoms with Gasteiger partial charge in [-0.05, 0) is 24.4 Å². The maximum atomic E-state index is 11.7. The van der Waals surface area contributed by atoms with Gasteiger partial charge >= 0.3 is 5.97 Å². The summed E-state index contributed by atoms with van der Waals surface area (Å²) in [5, 5.41) is 12.5. The van der Waals surface area contributed by atoms with Crippen LogP contribution in [0.25, 0.3) is 10.9 Å². The van der Waals surface area contributed by atoms with Crippen molar-refractivity contribution in [2.75, 3.05) is 0 Å². The third kappa shape index (κ3) is 4.06. The van der Waals surface area contributed by atoms with Crippen molar-refractivity contribution in [2.45, 2.75) is 31.8 Å². The first kappa shape index (κ1) is 15.1. The molecule has 0 aliphatic rings. The molecule has 0 spiro atoms. The van der Waals surface area contributed by atoms with E-state index in [2.05, 4.69) is 10.3 Å². The second kappa shape index (κ2) is 6.41. The monoisotopic (exact) mass is 289 g/mol. The van der Waals surface area contributed by atoms with Crippen molar-refractivity contribution in [3.63, 3.8) is 0 Å². The zero-order chi connectivity index (χ0) is 15.4. The molecule has 6 nitrogen and oxygen atoms in total. The molecule has 1 aromatic heterocycles. The van der Waals surface area contributed by atoms with E-state index in [-0.39, 0.29) is 12.5 Å². The van der Waals surface area contributed by atoms with Gasteiger partial charge < -0.3 is 21.1 Å². The van der Waals surface area contributed by atoms with Gasteiger partial charge in [-0.25, -0.2) is 0 Å². The highest BCUT2D eigenvalue weighted by atomic mass is 16.4. The summed E-state index contributed by atoms with van der Waals surface area (Å²) in [6, 6.07) is 8.81. The van der Waals surface area contributed by atoms with Gasteiger partial charge in [-0.1, -0.05) is 18.2 Å². The normalized spacial score (nSPS) is 13.8. The highest BCUT2D eigenvalue weighted by Gasteiger charge is 2.19. The summed E-state index contributed by atoms with van der Waals surface area (Å²) in [5.41, 5.74) is 7.58. The van der Waals surface area contributed by atoms with Gasteiger partial charge in [0.05, 0.1) is 12.5 Å². The zero-order valence-electron chi connectivity index (χ0n) is 11.8. The number of carboxylic acid groups (broad SMARTS) is 1. The quantitative estimate of drug-likeness (QED) is 0.636. The number of aromatic nitrogens is 1. The minimum atomic E-state index is -1.08. The lowest BCUT2D eigenvalue weighted by Gasteiger charge is -2.16. The van der Waals surface area contributed by atoms with Crippen molar-refractivity contribution in [2.24, 2.45) is 5.73 Å². The average molecular weight is 289 g/mol. The van der Waals surface area contributed by atoms with Crippen molar-refractivity contribution < 1.29 is 14.7 Å². The molecule has 0 fully saturated rings. The number of aromatic amines is 1. The van der Waals surface area contributed by atoms with Crippen LogP contribution in [-0.2, 0) is 16.0 Å². The fraction of sp³-hybridized carbons (Fsp3) is 0.333. The molecule has 112 valence electrons. The smallest absolute Gasteiger partial charge is 0.305 e. The lowest BCUT2D eigenvalue weighted by molar-refractivity contribution is -0.139. The molecule has 5 N–H and O–H groups in total. The molecule has 6 heteroatoms. The summed E-state index contributed by atoms with van der Waals surface area (Å²) in [5.74, 6) is -1.53. The zero-order valence-corrected chi connectivity index (χ0v) is 11.8. The Morgan fingerprint density at radius 2 is 2.10 bits per heavy atom. The third-order valence-electron chi connectivity index (χ3n) is 3.23. The maximum absolute atomic E-state index is 11.7. The molecule has 2 rings (SSSR count). The number of nitrogens with two attached hydrogens (primary N) is 1. The highest BCUT2D eigenvalue weighted by molar-refractivity contribution is 5.86. The summed E-state index contributed by atoms with van der Waals surface area (Å²) >= 11 is 0. The number of carbonyl (C=O) groups is 2. The number of nitrogens with one attached hydrogen (secondary N) is 2.